The predicted molar refractivity (Wildman–Crippen MR) is 68.7 cm³/mol. The van der Waals surface area contributed by atoms with E-state index in [2.05, 4.69) is 4.98 Å². The highest BCUT2D eigenvalue weighted by atomic mass is 35.5. The van der Waals surface area contributed by atoms with Crippen molar-refractivity contribution in [2.75, 3.05) is 33.5 Å². The number of methoxy groups -OCH3 is 1. The van der Waals surface area contributed by atoms with Gasteiger partial charge in [0.2, 0.25) is 0 Å². The predicted octanol–water partition coefficient (Wildman–Crippen LogP) is 2.08. The highest BCUT2D eigenvalue weighted by Crippen LogP contribution is 2.25. The number of nitrogens with zero attached hydrogens (tertiary/aromatic N) is 2. The fraction of sp³-hybridized carbons (Fsp3) is 0.545. The summed E-state index contributed by atoms with van der Waals surface area (Å²) in [5.74, 6) is -0.0991. The maximum atomic E-state index is 10.7. The molecule has 0 aliphatic carbocycles. The van der Waals surface area contributed by atoms with Crippen molar-refractivity contribution in [2.45, 2.75) is 6.42 Å². The van der Waals surface area contributed by atoms with Gasteiger partial charge in [-0.25, -0.2) is 0 Å². The molecule has 0 aromatic carbocycles. The first-order valence-corrected chi connectivity index (χ1v) is 6.03. The van der Waals surface area contributed by atoms with Gasteiger partial charge in [0, 0.05) is 26.4 Å². The van der Waals surface area contributed by atoms with Gasteiger partial charge < -0.3 is 14.2 Å². The van der Waals surface area contributed by atoms with Crippen molar-refractivity contribution in [3.8, 4) is 5.88 Å². The second-order valence-electron chi connectivity index (χ2n) is 3.52. The quantitative estimate of drug-likeness (QED) is 0.300. The topological polar surface area (TPSA) is 83.7 Å². The van der Waals surface area contributed by atoms with E-state index in [-0.39, 0.29) is 23.3 Å². The second-order valence-corrected chi connectivity index (χ2v) is 3.91. The van der Waals surface area contributed by atoms with Gasteiger partial charge >= 0.3 is 5.69 Å². The molecule has 19 heavy (non-hydrogen) atoms. The van der Waals surface area contributed by atoms with Gasteiger partial charge in [0.25, 0.3) is 5.88 Å². The number of pyridine rings is 1. The first-order chi connectivity index (χ1) is 9.15. The highest BCUT2D eigenvalue weighted by molar-refractivity contribution is 6.29. The molecule has 8 heteroatoms. The Kier molecular flexibility index (Phi) is 7.09. The fourth-order valence-corrected chi connectivity index (χ4v) is 1.40. The van der Waals surface area contributed by atoms with Gasteiger partial charge in [-0.15, -0.1) is 0 Å². The van der Waals surface area contributed by atoms with Gasteiger partial charge in [-0.05, 0) is 12.5 Å². The number of rotatable bonds is 9. The van der Waals surface area contributed by atoms with E-state index in [1.165, 1.54) is 12.1 Å². The lowest BCUT2D eigenvalue weighted by Gasteiger charge is -2.06. The highest BCUT2D eigenvalue weighted by Gasteiger charge is 2.17. The Hall–Kier alpha value is -1.44. The largest absolute Gasteiger partial charge is 0.470 e. The smallest absolute Gasteiger partial charge is 0.331 e. The molecule has 7 nitrogen and oxygen atoms in total. The van der Waals surface area contributed by atoms with Crippen molar-refractivity contribution in [3.05, 3.63) is 27.4 Å². The molecule has 0 amide bonds. The van der Waals surface area contributed by atoms with Crippen LogP contribution in [-0.4, -0.2) is 43.4 Å². The molecule has 0 bridgehead atoms. The molecule has 0 saturated carbocycles. The average Bonchev–Trinajstić information content (AvgIpc) is 2.37. The summed E-state index contributed by atoms with van der Waals surface area (Å²) >= 11 is 5.66. The summed E-state index contributed by atoms with van der Waals surface area (Å²) in [6.45, 7) is 1.65. The summed E-state index contributed by atoms with van der Waals surface area (Å²) in [6, 6.07) is 2.60. The van der Waals surface area contributed by atoms with E-state index in [1.807, 2.05) is 0 Å². The molecule has 1 aromatic heterocycles. The maximum Gasteiger partial charge on any atom is 0.331 e. The molecule has 0 radical (unpaired) electrons. The van der Waals surface area contributed by atoms with Crippen molar-refractivity contribution < 1.29 is 19.1 Å². The van der Waals surface area contributed by atoms with Gasteiger partial charge in [-0.2, -0.15) is 4.98 Å². The fourth-order valence-electron chi connectivity index (χ4n) is 1.26. The van der Waals surface area contributed by atoms with Crippen LogP contribution < -0.4 is 4.74 Å². The molecular weight excluding hydrogens is 276 g/mol. The average molecular weight is 291 g/mol. The molecule has 0 aliphatic heterocycles. The maximum absolute atomic E-state index is 10.7. The summed E-state index contributed by atoms with van der Waals surface area (Å²) in [6.07, 6.45) is 0.784. The minimum absolute atomic E-state index is 0.0991. The first kappa shape index (κ1) is 15.6. The molecule has 1 aromatic rings. The van der Waals surface area contributed by atoms with Gasteiger partial charge in [0.05, 0.1) is 11.5 Å². The van der Waals surface area contributed by atoms with Crippen molar-refractivity contribution in [1.82, 2.24) is 4.98 Å². The van der Waals surface area contributed by atoms with Crippen molar-refractivity contribution in [3.63, 3.8) is 0 Å². The Balaban J connectivity index is 2.36. The lowest BCUT2D eigenvalue weighted by atomic mass is 10.4. The van der Waals surface area contributed by atoms with Crippen molar-refractivity contribution in [1.29, 1.82) is 0 Å². The van der Waals surface area contributed by atoms with Crippen LogP contribution >= 0.6 is 11.6 Å². The van der Waals surface area contributed by atoms with Crippen LogP contribution in [-0.2, 0) is 9.47 Å². The van der Waals surface area contributed by atoms with Crippen molar-refractivity contribution >= 4 is 17.3 Å². The zero-order chi connectivity index (χ0) is 14.1. The van der Waals surface area contributed by atoms with E-state index in [0.29, 0.717) is 19.8 Å². The van der Waals surface area contributed by atoms with Gasteiger partial charge in [-0.1, -0.05) is 11.6 Å². The van der Waals surface area contributed by atoms with Crippen LogP contribution in [0.3, 0.4) is 0 Å². The summed E-state index contributed by atoms with van der Waals surface area (Å²) in [4.78, 5) is 13.9. The Morgan fingerprint density at radius 3 is 2.79 bits per heavy atom. The van der Waals surface area contributed by atoms with E-state index in [1.54, 1.807) is 7.11 Å². The molecular formula is C11H15ClN2O5. The molecule has 0 unspecified atom stereocenters. The number of nitro groups is 1. The monoisotopic (exact) mass is 290 g/mol. The molecule has 0 atom stereocenters. The van der Waals surface area contributed by atoms with Crippen LogP contribution in [0.1, 0.15) is 6.42 Å². The second kappa shape index (κ2) is 8.63. The van der Waals surface area contributed by atoms with Gasteiger partial charge in [0.1, 0.15) is 11.8 Å². The Labute approximate surface area is 115 Å². The minimum atomic E-state index is -0.571. The number of hydrogen-bond acceptors (Lipinski definition) is 6. The summed E-state index contributed by atoms with van der Waals surface area (Å²) in [5.41, 5.74) is -0.219. The molecule has 1 heterocycles. The minimum Gasteiger partial charge on any atom is -0.470 e. The van der Waals surface area contributed by atoms with Crippen LogP contribution in [0.4, 0.5) is 5.69 Å². The van der Waals surface area contributed by atoms with E-state index in [4.69, 9.17) is 25.8 Å². The lowest BCUT2D eigenvalue weighted by molar-refractivity contribution is -0.386. The van der Waals surface area contributed by atoms with Gasteiger partial charge in [0.15, 0.2) is 0 Å². The Morgan fingerprint density at radius 2 is 2.11 bits per heavy atom. The Morgan fingerprint density at radius 1 is 1.32 bits per heavy atom. The summed E-state index contributed by atoms with van der Waals surface area (Å²) < 4.78 is 15.3. The molecule has 1 rings (SSSR count). The zero-order valence-corrected chi connectivity index (χ0v) is 11.3. The normalized spacial score (nSPS) is 10.4. The summed E-state index contributed by atoms with van der Waals surface area (Å²) in [7, 11) is 1.62. The SMILES string of the molecule is COCCCOCCOc1nc(Cl)ccc1[N+](=O)[O-]. The number of hydrogen-bond donors (Lipinski definition) is 0. The molecule has 106 valence electrons. The number of aromatic nitrogens is 1. The van der Waals surface area contributed by atoms with E-state index in [9.17, 15) is 10.1 Å². The Bertz CT molecular complexity index is 416. The molecule has 0 spiro atoms. The van der Waals surface area contributed by atoms with E-state index < -0.39 is 4.92 Å². The van der Waals surface area contributed by atoms with E-state index >= 15 is 0 Å². The summed E-state index contributed by atoms with van der Waals surface area (Å²) in [5, 5.41) is 10.9. The number of ether oxygens (including phenoxy) is 3. The van der Waals surface area contributed by atoms with Crippen molar-refractivity contribution in [2.24, 2.45) is 0 Å². The standard InChI is InChI=1S/C11H15ClN2O5/c1-17-5-2-6-18-7-8-19-11-9(14(15)16)3-4-10(12)13-11/h3-4H,2,5-8H2,1H3. The van der Waals surface area contributed by atoms with Crippen LogP contribution in [0.2, 0.25) is 5.15 Å². The van der Waals surface area contributed by atoms with Gasteiger partial charge in [-0.3, -0.25) is 10.1 Å². The van der Waals surface area contributed by atoms with Crippen LogP contribution in [0.15, 0.2) is 12.1 Å². The molecule has 0 fully saturated rings. The zero-order valence-electron chi connectivity index (χ0n) is 10.5. The molecule has 0 saturated heterocycles. The molecule has 0 N–H and O–H groups in total. The third-order valence-electron chi connectivity index (χ3n) is 2.11. The third-order valence-corrected chi connectivity index (χ3v) is 2.32. The third kappa shape index (κ3) is 5.82. The van der Waals surface area contributed by atoms with Crippen LogP contribution in [0.25, 0.3) is 0 Å². The van der Waals surface area contributed by atoms with Crippen LogP contribution in [0.5, 0.6) is 5.88 Å². The number of halogens is 1. The van der Waals surface area contributed by atoms with E-state index in [0.717, 1.165) is 6.42 Å². The van der Waals surface area contributed by atoms with Crippen LogP contribution in [0, 0.1) is 10.1 Å². The molecule has 0 aliphatic rings. The first-order valence-electron chi connectivity index (χ1n) is 5.65. The lowest BCUT2D eigenvalue weighted by Crippen LogP contribution is -2.10.